The lowest BCUT2D eigenvalue weighted by Crippen LogP contribution is -2.13. The number of sulfone groups is 1. The number of nitrogens with two attached hydrogens (primary N) is 1. The molecule has 0 saturated carbocycles. The van der Waals surface area contributed by atoms with Gasteiger partial charge >= 0.3 is 0 Å². The summed E-state index contributed by atoms with van der Waals surface area (Å²) in [6.07, 6.45) is 1.31. The molecule has 0 radical (unpaired) electrons. The first kappa shape index (κ1) is 15.9. The van der Waals surface area contributed by atoms with Gasteiger partial charge in [-0.2, -0.15) is 0 Å². The lowest BCUT2D eigenvalue weighted by molar-refractivity contribution is 0.301. The van der Waals surface area contributed by atoms with E-state index in [4.69, 9.17) is 9.88 Å². The fraction of sp³-hybridized carbons (Fsp3) is 0.400. The zero-order chi connectivity index (χ0) is 14.7. The van der Waals surface area contributed by atoms with Crippen LogP contribution in [-0.2, 0) is 19.9 Å². The molecular formula is C10H14FNO5S2. The topological polar surface area (TPSA) is 104 Å². The summed E-state index contributed by atoms with van der Waals surface area (Å²) in [6.45, 7) is 0.0126. The molecule has 0 heterocycles. The van der Waals surface area contributed by atoms with Crippen molar-refractivity contribution in [1.29, 1.82) is 0 Å². The molecule has 9 heteroatoms. The molecule has 0 fully saturated rings. The van der Waals surface area contributed by atoms with Crippen LogP contribution in [0.1, 0.15) is 6.42 Å². The lowest BCUT2D eigenvalue weighted by Gasteiger charge is -2.07. The summed E-state index contributed by atoms with van der Waals surface area (Å²) in [5, 5.41) is 4.84. The highest BCUT2D eigenvalue weighted by Gasteiger charge is 2.12. The third-order valence-electron chi connectivity index (χ3n) is 2.15. The zero-order valence-electron chi connectivity index (χ0n) is 10.2. The van der Waals surface area contributed by atoms with Crippen LogP contribution in [0.5, 0.6) is 5.75 Å². The molecule has 0 aliphatic rings. The molecule has 6 nitrogen and oxygen atoms in total. The average molecular weight is 311 g/mol. The predicted molar refractivity (Wildman–Crippen MR) is 67.6 cm³/mol. The molecule has 19 heavy (non-hydrogen) atoms. The molecule has 0 bridgehead atoms. The number of benzene rings is 1. The minimum absolute atomic E-state index is 0.0126. The second-order valence-corrected chi connectivity index (χ2v) is 7.79. The maximum absolute atomic E-state index is 13.5. The van der Waals surface area contributed by atoms with E-state index in [0.29, 0.717) is 0 Å². The first-order valence-electron chi connectivity index (χ1n) is 5.22. The van der Waals surface area contributed by atoms with Crippen LogP contribution in [0.15, 0.2) is 23.1 Å². The molecule has 2 N–H and O–H groups in total. The lowest BCUT2D eigenvalue weighted by atomic mass is 10.3. The van der Waals surface area contributed by atoms with Gasteiger partial charge in [0, 0.05) is 6.26 Å². The van der Waals surface area contributed by atoms with Gasteiger partial charge in [-0.15, -0.1) is 0 Å². The molecule has 0 amide bonds. The second-order valence-electron chi connectivity index (χ2n) is 3.97. The van der Waals surface area contributed by atoms with E-state index in [0.717, 1.165) is 24.5 Å². The minimum Gasteiger partial charge on any atom is -0.490 e. The van der Waals surface area contributed by atoms with Crippen LogP contribution < -0.4 is 9.88 Å². The van der Waals surface area contributed by atoms with Crippen molar-refractivity contribution in [3.63, 3.8) is 0 Å². The maximum Gasteiger partial charge on any atom is 0.238 e. The van der Waals surface area contributed by atoms with E-state index in [9.17, 15) is 21.2 Å². The molecule has 0 saturated heterocycles. The Morgan fingerprint density at radius 2 is 1.89 bits per heavy atom. The number of primary sulfonamides is 1. The van der Waals surface area contributed by atoms with E-state index in [2.05, 4.69) is 0 Å². The Morgan fingerprint density at radius 3 is 2.37 bits per heavy atom. The largest absolute Gasteiger partial charge is 0.490 e. The van der Waals surface area contributed by atoms with Crippen molar-refractivity contribution >= 4 is 19.9 Å². The van der Waals surface area contributed by atoms with E-state index >= 15 is 0 Å². The summed E-state index contributed by atoms with van der Waals surface area (Å²) in [4.78, 5) is -0.353. The first-order chi connectivity index (χ1) is 8.59. The fourth-order valence-corrected chi connectivity index (χ4v) is 2.45. The van der Waals surface area contributed by atoms with E-state index in [1.807, 2.05) is 0 Å². The molecule has 0 aliphatic carbocycles. The van der Waals surface area contributed by atoms with E-state index < -0.39 is 25.7 Å². The quantitative estimate of drug-likeness (QED) is 0.760. The molecule has 0 aliphatic heterocycles. The fourth-order valence-electron chi connectivity index (χ4n) is 1.28. The van der Waals surface area contributed by atoms with Gasteiger partial charge in [0.05, 0.1) is 17.3 Å². The van der Waals surface area contributed by atoms with Crippen LogP contribution in [0, 0.1) is 5.82 Å². The first-order valence-corrected chi connectivity index (χ1v) is 8.83. The van der Waals surface area contributed by atoms with Gasteiger partial charge < -0.3 is 4.74 Å². The van der Waals surface area contributed by atoms with Gasteiger partial charge in [0.2, 0.25) is 10.0 Å². The summed E-state index contributed by atoms with van der Waals surface area (Å²) in [6, 6.07) is 3.00. The normalized spacial score (nSPS) is 12.4. The van der Waals surface area contributed by atoms with Gasteiger partial charge in [-0.1, -0.05) is 0 Å². The van der Waals surface area contributed by atoms with Crippen molar-refractivity contribution in [3.8, 4) is 5.75 Å². The van der Waals surface area contributed by atoms with Crippen LogP contribution in [0.3, 0.4) is 0 Å². The van der Waals surface area contributed by atoms with Crippen molar-refractivity contribution in [2.45, 2.75) is 11.3 Å². The van der Waals surface area contributed by atoms with Crippen LogP contribution in [0.25, 0.3) is 0 Å². The second kappa shape index (κ2) is 5.85. The molecule has 1 aromatic carbocycles. The standard InChI is InChI=1S/C10H14FNO5S2/c1-18(13,14)6-2-5-17-10-4-3-8(7-9(10)11)19(12,15)16/h3-4,7H,2,5-6H2,1H3,(H2,12,15,16). The molecular weight excluding hydrogens is 297 g/mol. The van der Waals surface area contributed by atoms with E-state index in [1.54, 1.807) is 0 Å². The Bertz CT molecular complexity index is 654. The number of sulfonamides is 1. The van der Waals surface area contributed by atoms with Gasteiger partial charge in [0.25, 0.3) is 0 Å². The van der Waals surface area contributed by atoms with Gasteiger partial charge in [-0.05, 0) is 24.6 Å². The minimum atomic E-state index is -3.96. The van der Waals surface area contributed by atoms with E-state index in [-0.39, 0.29) is 29.4 Å². The van der Waals surface area contributed by atoms with Gasteiger partial charge in [-0.3, -0.25) is 0 Å². The molecule has 1 aromatic rings. The van der Waals surface area contributed by atoms with Gasteiger partial charge in [0.15, 0.2) is 11.6 Å². The number of hydrogen-bond acceptors (Lipinski definition) is 5. The monoisotopic (exact) mass is 311 g/mol. The summed E-state index contributed by atoms with van der Waals surface area (Å²) >= 11 is 0. The Hall–Kier alpha value is -1.19. The van der Waals surface area contributed by atoms with Crippen LogP contribution in [0.2, 0.25) is 0 Å². The van der Waals surface area contributed by atoms with Crippen molar-refractivity contribution in [1.82, 2.24) is 0 Å². The third-order valence-corrected chi connectivity index (χ3v) is 4.09. The summed E-state index contributed by atoms with van der Waals surface area (Å²) in [5.74, 6) is -1.09. The molecule has 108 valence electrons. The maximum atomic E-state index is 13.5. The third kappa shape index (κ3) is 5.53. The van der Waals surface area contributed by atoms with Crippen LogP contribution in [-0.4, -0.2) is 35.5 Å². The van der Waals surface area contributed by atoms with Crippen molar-refractivity contribution < 1.29 is 26.0 Å². The Kier molecular flexibility index (Phi) is 4.88. The van der Waals surface area contributed by atoms with Crippen molar-refractivity contribution in [3.05, 3.63) is 24.0 Å². The number of ether oxygens (including phenoxy) is 1. The predicted octanol–water partition coefficient (Wildman–Crippen LogP) is 0.287. The highest BCUT2D eigenvalue weighted by atomic mass is 32.2. The molecule has 0 aromatic heterocycles. The van der Waals surface area contributed by atoms with Gasteiger partial charge in [-0.25, -0.2) is 26.4 Å². The van der Waals surface area contributed by atoms with Crippen LogP contribution in [0.4, 0.5) is 4.39 Å². The molecule has 0 spiro atoms. The Labute approximate surface area is 111 Å². The number of halogens is 1. The van der Waals surface area contributed by atoms with Gasteiger partial charge in [0.1, 0.15) is 9.84 Å². The highest BCUT2D eigenvalue weighted by molar-refractivity contribution is 7.90. The molecule has 1 rings (SSSR count). The van der Waals surface area contributed by atoms with Crippen LogP contribution >= 0.6 is 0 Å². The molecule has 0 unspecified atom stereocenters. The highest BCUT2D eigenvalue weighted by Crippen LogP contribution is 2.20. The molecule has 0 atom stereocenters. The zero-order valence-corrected chi connectivity index (χ0v) is 11.8. The SMILES string of the molecule is CS(=O)(=O)CCCOc1ccc(S(N)(=O)=O)cc1F. The summed E-state index contributed by atoms with van der Waals surface area (Å²) in [7, 11) is -7.05. The Morgan fingerprint density at radius 1 is 1.26 bits per heavy atom. The number of hydrogen-bond donors (Lipinski definition) is 1. The Balaban J connectivity index is 2.66. The van der Waals surface area contributed by atoms with Crippen molar-refractivity contribution in [2.24, 2.45) is 5.14 Å². The number of rotatable bonds is 6. The summed E-state index contributed by atoms with van der Waals surface area (Å²) in [5.41, 5.74) is 0. The smallest absolute Gasteiger partial charge is 0.238 e. The van der Waals surface area contributed by atoms with E-state index in [1.165, 1.54) is 0 Å². The average Bonchev–Trinajstić information content (AvgIpc) is 2.23. The van der Waals surface area contributed by atoms with Crippen molar-refractivity contribution in [2.75, 3.05) is 18.6 Å². The summed E-state index contributed by atoms with van der Waals surface area (Å²) < 4.78 is 62.2.